The lowest BCUT2D eigenvalue weighted by Crippen LogP contribution is -2.30. The molecule has 43 heavy (non-hydrogen) atoms. The average Bonchev–Trinajstić information content (AvgIpc) is 3.56. The minimum absolute atomic E-state index is 0.0888. The van der Waals surface area contributed by atoms with E-state index in [1.165, 1.54) is 11.5 Å². The number of carbonyl (C=O) groups excluding carboxylic acids is 1. The summed E-state index contributed by atoms with van der Waals surface area (Å²) < 4.78 is 26.6. The fraction of sp³-hybridized carbons (Fsp3) is 0.367. The van der Waals surface area contributed by atoms with Crippen molar-refractivity contribution in [1.29, 1.82) is 0 Å². The van der Waals surface area contributed by atoms with Gasteiger partial charge in [-0.05, 0) is 52.3 Å². The van der Waals surface area contributed by atoms with Crippen molar-refractivity contribution in [1.82, 2.24) is 23.9 Å². The molecule has 0 spiro atoms. The maximum atomic E-state index is 13.8. The van der Waals surface area contributed by atoms with Crippen LogP contribution in [0.25, 0.3) is 22.3 Å². The summed E-state index contributed by atoms with van der Waals surface area (Å²) in [4.78, 5) is 43.8. The standard InChI is InChI=1S/C30H32ClN5O7/c1-16-22(25(43-30(3,4)5)27(37)40-15-21-17(2)41-29(39)42-21)23(19-8-10-20(31)11-9-19)24-26(33-16)36(28(38)35(24)7)14-18-12-32-34(6)13-18/h8-13,25H,14-15H2,1-7H3/t25-/m0/s1. The van der Waals surface area contributed by atoms with Gasteiger partial charge in [0.25, 0.3) is 0 Å². The lowest BCUT2D eigenvalue weighted by Gasteiger charge is -2.29. The number of aromatic nitrogens is 5. The third kappa shape index (κ3) is 6.06. The number of fused-ring (bicyclic) bond motifs is 1. The first-order chi connectivity index (χ1) is 20.2. The van der Waals surface area contributed by atoms with Crippen molar-refractivity contribution >= 4 is 28.7 Å². The van der Waals surface area contributed by atoms with Crippen molar-refractivity contribution in [2.45, 2.75) is 59.5 Å². The van der Waals surface area contributed by atoms with Crippen LogP contribution in [0.5, 0.6) is 0 Å². The summed E-state index contributed by atoms with van der Waals surface area (Å²) >= 11 is 6.24. The van der Waals surface area contributed by atoms with E-state index in [0.29, 0.717) is 38.6 Å². The maximum absolute atomic E-state index is 13.8. The first-order valence-corrected chi connectivity index (χ1v) is 13.9. The molecule has 5 aromatic rings. The van der Waals surface area contributed by atoms with Crippen molar-refractivity contribution in [3.63, 3.8) is 0 Å². The highest BCUT2D eigenvalue weighted by Gasteiger charge is 2.35. The second-order valence-corrected chi connectivity index (χ2v) is 11.7. The Bertz CT molecular complexity index is 1940. The normalized spacial score (nSPS) is 12.7. The highest BCUT2D eigenvalue weighted by molar-refractivity contribution is 6.30. The minimum atomic E-state index is -1.27. The molecule has 0 aliphatic carbocycles. The number of esters is 1. The number of hydrogen-bond acceptors (Lipinski definition) is 9. The van der Waals surface area contributed by atoms with E-state index in [4.69, 9.17) is 34.9 Å². The molecule has 0 saturated heterocycles. The molecule has 0 aliphatic rings. The predicted molar refractivity (Wildman–Crippen MR) is 158 cm³/mol. The van der Waals surface area contributed by atoms with E-state index in [-0.39, 0.29) is 30.4 Å². The van der Waals surface area contributed by atoms with Gasteiger partial charge in [-0.3, -0.25) is 13.8 Å². The van der Waals surface area contributed by atoms with Gasteiger partial charge >= 0.3 is 17.5 Å². The second kappa shape index (κ2) is 11.3. The Kier molecular flexibility index (Phi) is 7.93. The van der Waals surface area contributed by atoms with E-state index >= 15 is 0 Å². The van der Waals surface area contributed by atoms with Crippen LogP contribution in [0.2, 0.25) is 5.02 Å². The fourth-order valence-corrected chi connectivity index (χ4v) is 5.10. The van der Waals surface area contributed by atoms with Crippen LogP contribution in [0.4, 0.5) is 0 Å². The molecule has 226 valence electrons. The quantitative estimate of drug-likeness (QED) is 0.231. The lowest BCUT2D eigenvalue weighted by molar-refractivity contribution is -0.169. The summed E-state index contributed by atoms with van der Waals surface area (Å²) in [6.07, 6.45) is 2.26. The third-order valence-electron chi connectivity index (χ3n) is 6.85. The van der Waals surface area contributed by atoms with Crippen LogP contribution in [0, 0.1) is 13.8 Å². The summed E-state index contributed by atoms with van der Waals surface area (Å²) in [6, 6.07) is 7.08. The third-order valence-corrected chi connectivity index (χ3v) is 7.10. The zero-order valence-corrected chi connectivity index (χ0v) is 25.7. The number of carbonyl (C=O) groups is 1. The van der Waals surface area contributed by atoms with Gasteiger partial charge in [0, 0.05) is 47.7 Å². The second-order valence-electron chi connectivity index (χ2n) is 11.3. The number of hydrogen-bond donors (Lipinski definition) is 0. The predicted octanol–water partition coefficient (Wildman–Crippen LogP) is 4.60. The van der Waals surface area contributed by atoms with E-state index in [2.05, 4.69) is 5.10 Å². The van der Waals surface area contributed by atoms with E-state index in [0.717, 1.165) is 5.56 Å². The van der Waals surface area contributed by atoms with Crippen molar-refractivity contribution in [3.05, 3.63) is 91.1 Å². The molecule has 12 nitrogen and oxygen atoms in total. The number of imidazole rings is 1. The molecule has 1 atom stereocenters. The van der Waals surface area contributed by atoms with Gasteiger partial charge < -0.3 is 18.3 Å². The first-order valence-electron chi connectivity index (χ1n) is 13.5. The van der Waals surface area contributed by atoms with Gasteiger partial charge in [-0.25, -0.2) is 19.4 Å². The number of nitrogens with zero attached hydrogens (tertiary/aromatic N) is 5. The fourth-order valence-electron chi connectivity index (χ4n) is 4.97. The Morgan fingerprint density at radius 2 is 1.79 bits per heavy atom. The van der Waals surface area contributed by atoms with E-state index in [9.17, 15) is 14.4 Å². The van der Waals surface area contributed by atoms with Crippen molar-refractivity contribution in [2.24, 2.45) is 14.1 Å². The van der Waals surface area contributed by atoms with E-state index < -0.39 is 23.5 Å². The summed E-state index contributed by atoms with van der Waals surface area (Å²) in [5.74, 6) is -1.33. The van der Waals surface area contributed by atoms with Crippen LogP contribution in [0.15, 0.2) is 55.1 Å². The van der Waals surface area contributed by atoms with Crippen LogP contribution in [-0.2, 0) is 41.5 Å². The maximum Gasteiger partial charge on any atom is 0.519 e. The van der Waals surface area contributed by atoms with Crippen molar-refractivity contribution < 1.29 is 23.1 Å². The van der Waals surface area contributed by atoms with Crippen LogP contribution >= 0.6 is 11.6 Å². The number of aryl methyl sites for hydroxylation is 4. The van der Waals surface area contributed by atoms with Gasteiger partial charge in [0.15, 0.2) is 29.9 Å². The molecule has 4 aromatic heterocycles. The lowest BCUT2D eigenvalue weighted by atomic mass is 9.93. The molecule has 0 N–H and O–H groups in total. The Hall–Kier alpha value is -4.42. The van der Waals surface area contributed by atoms with E-state index in [1.54, 1.807) is 48.6 Å². The molecule has 0 fully saturated rings. The van der Waals surface area contributed by atoms with Crippen molar-refractivity contribution in [2.75, 3.05) is 0 Å². The monoisotopic (exact) mass is 609 g/mol. The average molecular weight is 610 g/mol. The molecule has 0 unspecified atom stereocenters. The molecule has 0 amide bonds. The SMILES string of the molecule is Cc1nc2c(c(-c3ccc(Cl)cc3)c1[C@H](OC(C)(C)C)C(=O)OCc1oc(=O)oc1C)n(C)c(=O)n2Cc1cnn(C)c1. The van der Waals surface area contributed by atoms with Crippen LogP contribution < -0.4 is 11.5 Å². The van der Waals surface area contributed by atoms with Gasteiger partial charge in [0.05, 0.1) is 23.9 Å². The molecule has 0 bridgehead atoms. The molecular formula is C30H32ClN5O7. The van der Waals surface area contributed by atoms with Gasteiger partial charge in [-0.15, -0.1) is 0 Å². The Balaban J connectivity index is 1.73. The van der Waals surface area contributed by atoms with Gasteiger partial charge in [-0.2, -0.15) is 5.10 Å². The number of rotatable bonds is 8. The molecule has 4 heterocycles. The van der Waals surface area contributed by atoms with Gasteiger partial charge in [0.1, 0.15) is 0 Å². The molecular weight excluding hydrogens is 578 g/mol. The van der Waals surface area contributed by atoms with Crippen molar-refractivity contribution in [3.8, 4) is 11.1 Å². The Labute approximate surface area is 251 Å². The number of pyridine rings is 1. The largest absolute Gasteiger partial charge is 0.519 e. The van der Waals surface area contributed by atoms with Gasteiger partial charge in [0.2, 0.25) is 0 Å². The summed E-state index contributed by atoms with van der Waals surface area (Å²) in [7, 11) is 3.46. The zero-order valence-electron chi connectivity index (χ0n) is 24.9. The highest BCUT2D eigenvalue weighted by atomic mass is 35.5. The molecule has 13 heteroatoms. The summed E-state index contributed by atoms with van der Waals surface area (Å²) in [5.41, 5.74) is 2.82. The highest BCUT2D eigenvalue weighted by Crippen LogP contribution is 2.40. The molecule has 0 aliphatic heterocycles. The number of ether oxygens (including phenoxy) is 2. The summed E-state index contributed by atoms with van der Waals surface area (Å²) in [6.45, 7) is 8.64. The topological polar surface area (TPSA) is 137 Å². The molecule has 1 aromatic carbocycles. The number of benzene rings is 1. The molecule has 5 rings (SSSR count). The molecule has 0 radical (unpaired) electrons. The molecule has 0 saturated carbocycles. The minimum Gasteiger partial charge on any atom is -0.455 e. The smallest absolute Gasteiger partial charge is 0.455 e. The number of halogens is 1. The first kappa shape index (κ1) is 30.1. The van der Waals surface area contributed by atoms with Crippen LogP contribution in [0.1, 0.15) is 55.2 Å². The Morgan fingerprint density at radius 1 is 1.09 bits per heavy atom. The van der Waals surface area contributed by atoms with Crippen LogP contribution in [-0.4, -0.2) is 35.5 Å². The van der Waals surface area contributed by atoms with Crippen LogP contribution in [0.3, 0.4) is 0 Å². The Morgan fingerprint density at radius 3 is 2.37 bits per heavy atom. The van der Waals surface area contributed by atoms with Gasteiger partial charge in [-0.1, -0.05) is 23.7 Å². The zero-order chi connectivity index (χ0) is 31.2. The summed E-state index contributed by atoms with van der Waals surface area (Å²) in [5, 5.41) is 4.74. The van der Waals surface area contributed by atoms with E-state index in [1.807, 2.05) is 39.1 Å².